The lowest BCUT2D eigenvalue weighted by molar-refractivity contribution is 0.101. The van der Waals surface area contributed by atoms with Crippen molar-refractivity contribution < 1.29 is 18.3 Å². The van der Waals surface area contributed by atoms with Crippen molar-refractivity contribution in [2.45, 2.75) is 6.42 Å². The number of aryl methyl sites for hydroxylation is 1. The summed E-state index contributed by atoms with van der Waals surface area (Å²) in [7, 11) is 2.73. The largest absolute Gasteiger partial charge is 0.491 e. The fourth-order valence-corrected chi connectivity index (χ4v) is 2.57. The third-order valence-electron chi connectivity index (χ3n) is 3.88. The number of halogens is 2. The van der Waals surface area contributed by atoms with Crippen LogP contribution in [0, 0.1) is 11.6 Å². The van der Waals surface area contributed by atoms with Gasteiger partial charge in [0.05, 0.1) is 7.11 Å². The number of carbonyl (C=O) groups is 1. The number of hydrogen-bond donors (Lipinski definition) is 1. The molecule has 9 heteroatoms. The van der Waals surface area contributed by atoms with Crippen molar-refractivity contribution in [2.75, 3.05) is 12.4 Å². The highest BCUT2D eigenvalue weighted by Crippen LogP contribution is 2.15. The highest BCUT2D eigenvalue weighted by Gasteiger charge is 2.14. The number of hydrogen-bond acceptors (Lipinski definition) is 5. The highest BCUT2D eigenvalue weighted by molar-refractivity contribution is 6.02. The van der Waals surface area contributed by atoms with Crippen molar-refractivity contribution in [3.05, 3.63) is 81.4 Å². The molecule has 0 saturated heterocycles. The average molecular weight is 386 g/mol. The van der Waals surface area contributed by atoms with Gasteiger partial charge in [-0.2, -0.15) is 5.10 Å². The Kier molecular flexibility index (Phi) is 5.44. The van der Waals surface area contributed by atoms with Crippen LogP contribution in [0.25, 0.3) is 0 Å². The molecule has 0 aliphatic heterocycles. The molecule has 3 aromatic rings. The lowest BCUT2D eigenvalue weighted by atomic mass is 10.1. The number of rotatable bonds is 5. The number of benzene rings is 1. The van der Waals surface area contributed by atoms with Crippen molar-refractivity contribution in [1.82, 2.24) is 14.8 Å². The molecule has 0 aliphatic rings. The molecule has 28 heavy (non-hydrogen) atoms. The Bertz CT molecular complexity index is 1060. The number of carbonyl (C=O) groups excluding carboxylic acids is 1. The third kappa shape index (κ3) is 4.37. The van der Waals surface area contributed by atoms with Gasteiger partial charge in [0.2, 0.25) is 0 Å². The van der Waals surface area contributed by atoms with Crippen LogP contribution in [0.5, 0.6) is 5.75 Å². The van der Waals surface area contributed by atoms with Crippen LogP contribution >= 0.6 is 0 Å². The lowest BCUT2D eigenvalue weighted by Crippen LogP contribution is -2.25. The second-order valence-corrected chi connectivity index (χ2v) is 5.99. The van der Waals surface area contributed by atoms with Crippen LogP contribution in [0.15, 0.2) is 47.4 Å². The van der Waals surface area contributed by atoms with Crippen molar-refractivity contribution in [3.63, 3.8) is 0 Å². The number of anilines is 1. The molecule has 2 heterocycles. The van der Waals surface area contributed by atoms with Gasteiger partial charge in [0.1, 0.15) is 17.5 Å². The van der Waals surface area contributed by atoms with E-state index in [4.69, 9.17) is 4.74 Å². The van der Waals surface area contributed by atoms with Gasteiger partial charge in [-0.1, -0.05) is 6.07 Å². The number of nitrogens with one attached hydrogen (secondary N) is 1. The van der Waals surface area contributed by atoms with Gasteiger partial charge >= 0.3 is 5.56 Å². The molecule has 0 bridgehead atoms. The molecular weight excluding hydrogens is 370 g/mol. The summed E-state index contributed by atoms with van der Waals surface area (Å²) in [5.41, 5.74) is 0.706. The summed E-state index contributed by atoms with van der Waals surface area (Å²) in [5.74, 6) is -1.61. The van der Waals surface area contributed by atoms with Crippen LogP contribution in [0.3, 0.4) is 0 Å². The van der Waals surface area contributed by atoms with Crippen molar-refractivity contribution in [3.8, 4) is 5.75 Å². The zero-order valence-electron chi connectivity index (χ0n) is 15.1. The van der Waals surface area contributed by atoms with Crippen LogP contribution in [-0.2, 0) is 13.5 Å². The summed E-state index contributed by atoms with van der Waals surface area (Å²) in [6, 6.07) is 7.78. The number of pyridine rings is 1. The zero-order valence-corrected chi connectivity index (χ0v) is 15.1. The normalized spacial score (nSPS) is 10.6. The molecule has 1 N–H and O–H groups in total. The van der Waals surface area contributed by atoms with Crippen molar-refractivity contribution >= 4 is 11.7 Å². The third-order valence-corrected chi connectivity index (χ3v) is 3.88. The number of aromatic nitrogens is 3. The van der Waals surface area contributed by atoms with Gasteiger partial charge in [0, 0.05) is 25.4 Å². The second kappa shape index (κ2) is 7.95. The van der Waals surface area contributed by atoms with E-state index in [1.165, 1.54) is 38.6 Å². The molecule has 2 aromatic heterocycles. The first-order chi connectivity index (χ1) is 13.4. The first kappa shape index (κ1) is 19.2. The summed E-state index contributed by atoms with van der Waals surface area (Å²) in [6.45, 7) is 0. The molecule has 1 aromatic carbocycles. The molecule has 0 unspecified atom stereocenters. The van der Waals surface area contributed by atoms with Gasteiger partial charge in [-0.3, -0.25) is 9.59 Å². The fourth-order valence-electron chi connectivity index (χ4n) is 2.57. The van der Waals surface area contributed by atoms with E-state index in [0.717, 1.165) is 10.7 Å². The summed E-state index contributed by atoms with van der Waals surface area (Å²) in [5, 5.41) is 6.44. The average Bonchev–Trinajstić information content (AvgIpc) is 2.64. The van der Waals surface area contributed by atoms with Crippen LogP contribution in [0.1, 0.15) is 21.6 Å². The van der Waals surface area contributed by atoms with E-state index in [0.29, 0.717) is 11.1 Å². The molecule has 144 valence electrons. The first-order valence-corrected chi connectivity index (χ1v) is 8.19. The minimum Gasteiger partial charge on any atom is -0.491 e. The smallest absolute Gasteiger partial charge is 0.308 e. The fraction of sp³-hybridized carbons (Fsp3) is 0.158. The topological polar surface area (TPSA) is 86.1 Å². The Morgan fingerprint density at radius 2 is 1.86 bits per heavy atom. The Balaban J connectivity index is 1.73. The van der Waals surface area contributed by atoms with Gasteiger partial charge in [-0.15, -0.1) is 0 Å². The predicted molar refractivity (Wildman–Crippen MR) is 97.4 cm³/mol. The monoisotopic (exact) mass is 386 g/mol. The molecule has 0 spiro atoms. The summed E-state index contributed by atoms with van der Waals surface area (Å²) in [4.78, 5) is 28.2. The molecule has 0 radical (unpaired) electrons. The molecule has 1 amide bonds. The van der Waals surface area contributed by atoms with E-state index in [9.17, 15) is 18.4 Å². The summed E-state index contributed by atoms with van der Waals surface area (Å²) >= 11 is 0. The van der Waals surface area contributed by atoms with Gasteiger partial charge in [0.25, 0.3) is 5.91 Å². The maximum Gasteiger partial charge on any atom is 0.308 e. The van der Waals surface area contributed by atoms with E-state index < -0.39 is 23.1 Å². The van der Waals surface area contributed by atoms with Gasteiger partial charge in [0.15, 0.2) is 11.4 Å². The SMILES string of the molecule is COc1cc(C(=O)Nc2ccc(Cc3cc(F)cc(F)c3)cn2)nn(C)c1=O. The zero-order chi connectivity index (χ0) is 20.3. The Hall–Kier alpha value is -3.62. The van der Waals surface area contributed by atoms with E-state index in [-0.39, 0.29) is 23.7 Å². The molecule has 0 fully saturated rings. The number of ether oxygens (including phenoxy) is 1. The maximum absolute atomic E-state index is 13.3. The van der Waals surface area contributed by atoms with Gasteiger partial charge in [-0.05, 0) is 35.7 Å². The van der Waals surface area contributed by atoms with E-state index >= 15 is 0 Å². The quantitative estimate of drug-likeness (QED) is 0.727. The Morgan fingerprint density at radius 1 is 1.14 bits per heavy atom. The summed E-state index contributed by atoms with van der Waals surface area (Å²) < 4.78 is 32.5. The molecule has 7 nitrogen and oxygen atoms in total. The number of amides is 1. The van der Waals surface area contributed by atoms with Gasteiger partial charge in [-0.25, -0.2) is 18.4 Å². The van der Waals surface area contributed by atoms with Crippen LogP contribution in [-0.4, -0.2) is 27.8 Å². The Morgan fingerprint density at radius 3 is 2.46 bits per heavy atom. The second-order valence-electron chi connectivity index (χ2n) is 5.99. The van der Waals surface area contributed by atoms with Gasteiger partial charge < -0.3 is 10.1 Å². The molecule has 0 saturated carbocycles. The summed E-state index contributed by atoms with van der Waals surface area (Å²) in [6.07, 6.45) is 1.78. The predicted octanol–water partition coefficient (Wildman–Crippen LogP) is 2.31. The molecule has 0 atom stereocenters. The standard InChI is InChI=1S/C19H16F2N4O3/c1-25-19(27)16(28-2)9-15(24-25)18(26)23-17-4-3-11(10-22-17)5-12-6-13(20)8-14(21)7-12/h3-4,6-10H,5H2,1-2H3,(H,22,23,26). The van der Waals surface area contributed by atoms with Crippen LogP contribution in [0.2, 0.25) is 0 Å². The van der Waals surface area contributed by atoms with Crippen LogP contribution < -0.4 is 15.6 Å². The highest BCUT2D eigenvalue weighted by atomic mass is 19.1. The van der Waals surface area contributed by atoms with E-state index in [1.54, 1.807) is 12.1 Å². The number of nitrogens with zero attached hydrogens (tertiary/aromatic N) is 3. The lowest BCUT2D eigenvalue weighted by Gasteiger charge is -2.08. The maximum atomic E-state index is 13.3. The van der Waals surface area contributed by atoms with E-state index in [2.05, 4.69) is 15.4 Å². The van der Waals surface area contributed by atoms with Crippen LogP contribution in [0.4, 0.5) is 14.6 Å². The van der Waals surface area contributed by atoms with Crippen molar-refractivity contribution in [1.29, 1.82) is 0 Å². The minimum absolute atomic E-state index is 0.00622. The van der Waals surface area contributed by atoms with E-state index in [1.807, 2.05) is 0 Å². The molecule has 3 rings (SSSR count). The Labute approximate surface area is 158 Å². The minimum atomic E-state index is -0.646. The molecule has 0 aliphatic carbocycles. The molecular formula is C19H16F2N4O3. The first-order valence-electron chi connectivity index (χ1n) is 8.19. The van der Waals surface area contributed by atoms with Crippen molar-refractivity contribution in [2.24, 2.45) is 7.05 Å². The number of methoxy groups -OCH3 is 1.